The maximum absolute atomic E-state index is 11.1. The Morgan fingerprint density at radius 1 is 1.39 bits per heavy atom. The topological polar surface area (TPSA) is 34.9 Å². The molecule has 6 heteroatoms. The van der Waals surface area contributed by atoms with Crippen LogP contribution >= 0.6 is 34.8 Å². The Morgan fingerprint density at radius 2 is 2.11 bits per heavy atom. The lowest BCUT2D eigenvalue weighted by Crippen LogP contribution is -2.03. The molecule has 0 aliphatic rings. The summed E-state index contributed by atoms with van der Waals surface area (Å²) in [6, 6.07) is 5.27. The predicted octanol–water partition coefficient (Wildman–Crippen LogP) is 4.05. The molecule has 0 aliphatic carbocycles. The Balaban J connectivity index is 2.39. The molecule has 1 atom stereocenters. The average molecular weight is 304 g/mol. The van der Waals surface area contributed by atoms with E-state index < -0.39 is 5.24 Å². The summed E-state index contributed by atoms with van der Waals surface area (Å²) in [4.78, 5) is 11.1. The van der Waals surface area contributed by atoms with E-state index in [0.29, 0.717) is 15.7 Å². The first-order valence-electron chi connectivity index (χ1n) is 5.18. The Labute approximate surface area is 119 Å². The molecule has 2 aromatic rings. The van der Waals surface area contributed by atoms with E-state index in [2.05, 4.69) is 5.10 Å². The van der Waals surface area contributed by atoms with Crippen LogP contribution in [0.1, 0.15) is 18.4 Å². The number of hydrogen-bond acceptors (Lipinski definition) is 2. The summed E-state index contributed by atoms with van der Waals surface area (Å²) in [5, 5.41) is 4.66. The molecular weight excluding hydrogens is 295 g/mol. The van der Waals surface area contributed by atoms with Gasteiger partial charge in [0.1, 0.15) is 0 Å². The molecule has 0 saturated carbocycles. The fourth-order valence-electron chi connectivity index (χ4n) is 1.54. The van der Waals surface area contributed by atoms with Gasteiger partial charge in [0.15, 0.2) is 0 Å². The van der Waals surface area contributed by atoms with Crippen LogP contribution in [0.3, 0.4) is 0 Å². The molecule has 0 amide bonds. The van der Waals surface area contributed by atoms with Crippen LogP contribution in [0.25, 0.3) is 5.69 Å². The zero-order valence-electron chi connectivity index (χ0n) is 9.40. The van der Waals surface area contributed by atoms with Crippen LogP contribution in [0.15, 0.2) is 30.6 Å². The molecule has 0 N–H and O–H groups in total. The standard InChI is InChI=1S/C12H9Cl3N2O/c1-7(12(15)18)8-2-3-11(10(14)4-8)17-6-9(13)5-16-17/h2-7H,1H3. The van der Waals surface area contributed by atoms with Gasteiger partial charge in [0.2, 0.25) is 5.24 Å². The number of carbonyl (C=O) groups is 1. The fraction of sp³-hybridized carbons (Fsp3) is 0.167. The first-order chi connectivity index (χ1) is 8.49. The molecule has 94 valence electrons. The fourth-order valence-corrected chi connectivity index (χ4v) is 2.08. The van der Waals surface area contributed by atoms with E-state index in [-0.39, 0.29) is 5.92 Å². The van der Waals surface area contributed by atoms with Crippen molar-refractivity contribution in [3.8, 4) is 5.69 Å². The average Bonchev–Trinajstić information content (AvgIpc) is 2.74. The second-order valence-corrected chi connectivity index (χ2v) is 5.06. The van der Waals surface area contributed by atoms with Gasteiger partial charge >= 0.3 is 0 Å². The zero-order valence-corrected chi connectivity index (χ0v) is 11.7. The highest BCUT2D eigenvalue weighted by Gasteiger charge is 2.14. The maximum Gasteiger partial charge on any atom is 0.228 e. The molecule has 1 aromatic heterocycles. The van der Waals surface area contributed by atoms with Crippen molar-refractivity contribution in [1.29, 1.82) is 0 Å². The van der Waals surface area contributed by atoms with Crippen molar-refractivity contribution in [1.82, 2.24) is 9.78 Å². The van der Waals surface area contributed by atoms with E-state index in [1.165, 1.54) is 6.20 Å². The molecule has 0 saturated heterocycles. The quantitative estimate of drug-likeness (QED) is 0.802. The smallest absolute Gasteiger partial charge is 0.228 e. The van der Waals surface area contributed by atoms with E-state index in [1.807, 2.05) is 0 Å². The lowest BCUT2D eigenvalue weighted by atomic mass is 10.0. The molecular formula is C12H9Cl3N2O. The number of benzene rings is 1. The van der Waals surface area contributed by atoms with Crippen molar-refractivity contribution in [2.24, 2.45) is 0 Å². The zero-order chi connectivity index (χ0) is 13.3. The van der Waals surface area contributed by atoms with Crippen LogP contribution in [0.5, 0.6) is 0 Å². The number of carbonyl (C=O) groups excluding carboxylic acids is 1. The van der Waals surface area contributed by atoms with E-state index >= 15 is 0 Å². The van der Waals surface area contributed by atoms with Gasteiger partial charge in [-0.3, -0.25) is 4.79 Å². The van der Waals surface area contributed by atoms with Gasteiger partial charge in [0, 0.05) is 6.20 Å². The normalized spacial score (nSPS) is 12.4. The SMILES string of the molecule is CC(C(=O)Cl)c1ccc(-n2cc(Cl)cn2)c(Cl)c1. The van der Waals surface area contributed by atoms with Crippen molar-refractivity contribution in [2.45, 2.75) is 12.8 Å². The van der Waals surface area contributed by atoms with Crippen LogP contribution in [-0.4, -0.2) is 15.0 Å². The van der Waals surface area contributed by atoms with Gasteiger partial charge in [-0.15, -0.1) is 0 Å². The third kappa shape index (κ3) is 2.69. The molecule has 1 unspecified atom stereocenters. The van der Waals surface area contributed by atoms with Crippen LogP contribution in [0.4, 0.5) is 0 Å². The van der Waals surface area contributed by atoms with E-state index in [9.17, 15) is 4.79 Å². The highest BCUT2D eigenvalue weighted by atomic mass is 35.5. The number of nitrogens with zero attached hydrogens (tertiary/aromatic N) is 2. The number of halogens is 3. The molecule has 3 nitrogen and oxygen atoms in total. The molecule has 0 radical (unpaired) electrons. The van der Waals surface area contributed by atoms with Crippen LogP contribution in [0, 0.1) is 0 Å². The lowest BCUT2D eigenvalue weighted by molar-refractivity contribution is -0.112. The number of hydrogen-bond donors (Lipinski definition) is 0. The largest absolute Gasteiger partial charge is 0.281 e. The summed E-state index contributed by atoms with van der Waals surface area (Å²) in [6.07, 6.45) is 3.18. The van der Waals surface area contributed by atoms with Crippen LogP contribution in [-0.2, 0) is 4.79 Å². The molecule has 0 spiro atoms. The highest BCUT2D eigenvalue weighted by Crippen LogP contribution is 2.27. The van der Waals surface area contributed by atoms with Crippen LogP contribution < -0.4 is 0 Å². The van der Waals surface area contributed by atoms with Gasteiger partial charge in [-0.1, -0.05) is 36.2 Å². The van der Waals surface area contributed by atoms with Gasteiger partial charge in [0.05, 0.1) is 27.8 Å². The Morgan fingerprint density at radius 3 is 2.61 bits per heavy atom. The Kier molecular flexibility index (Phi) is 3.95. The molecule has 18 heavy (non-hydrogen) atoms. The summed E-state index contributed by atoms with van der Waals surface area (Å²) in [7, 11) is 0. The second kappa shape index (κ2) is 5.31. The lowest BCUT2D eigenvalue weighted by Gasteiger charge is -2.10. The minimum Gasteiger partial charge on any atom is -0.281 e. The van der Waals surface area contributed by atoms with Gasteiger partial charge in [-0.05, 0) is 29.3 Å². The summed E-state index contributed by atoms with van der Waals surface area (Å²) >= 11 is 17.4. The monoisotopic (exact) mass is 302 g/mol. The van der Waals surface area contributed by atoms with Crippen molar-refractivity contribution >= 4 is 40.0 Å². The molecule has 2 rings (SSSR count). The van der Waals surface area contributed by atoms with Crippen molar-refractivity contribution in [3.63, 3.8) is 0 Å². The molecule has 0 aliphatic heterocycles. The maximum atomic E-state index is 11.1. The summed E-state index contributed by atoms with van der Waals surface area (Å²) < 4.78 is 1.57. The summed E-state index contributed by atoms with van der Waals surface area (Å²) in [5.41, 5.74) is 1.46. The van der Waals surface area contributed by atoms with E-state index in [1.54, 1.807) is 36.0 Å². The van der Waals surface area contributed by atoms with Crippen molar-refractivity contribution in [2.75, 3.05) is 0 Å². The Bertz CT molecular complexity index is 595. The van der Waals surface area contributed by atoms with E-state index in [0.717, 1.165) is 5.56 Å². The summed E-state index contributed by atoms with van der Waals surface area (Å²) in [5.74, 6) is -0.389. The third-order valence-electron chi connectivity index (χ3n) is 2.61. The van der Waals surface area contributed by atoms with Gasteiger partial charge in [-0.2, -0.15) is 5.10 Å². The molecule has 0 fully saturated rings. The van der Waals surface area contributed by atoms with Gasteiger partial charge in [0.25, 0.3) is 0 Å². The van der Waals surface area contributed by atoms with Crippen molar-refractivity contribution in [3.05, 3.63) is 46.2 Å². The minimum absolute atomic E-state index is 0.389. The molecule has 1 aromatic carbocycles. The third-order valence-corrected chi connectivity index (χ3v) is 3.44. The molecule has 0 bridgehead atoms. The van der Waals surface area contributed by atoms with Crippen molar-refractivity contribution < 1.29 is 4.79 Å². The molecule has 1 heterocycles. The predicted molar refractivity (Wildman–Crippen MR) is 72.9 cm³/mol. The highest BCUT2D eigenvalue weighted by molar-refractivity contribution is 6.64. The Hall–Kier alpha value is -1.03. The minimum atomic E-state index is -0.416. The van der Waals surface area contributed by atoms with Gasteiger partial charge < -0.3 is 0 Å². The first kappa shape index (κ1) is 13.4. The second-order valence-electron chi connectivity index (χ2n) is 3.84. The number of aromatic nitrogens is 2. The van der Waals surface area contributed by atoms with E-state index in [4.69, 9.17) is 34.8 Å². The van der Waals surface area contributed by atoms with Crippen LogP contribution in [0.2, 0.25) is 10.0 Å². The number of rotatable bonds is 3. The summed E-state index contributed by atoms with van der Waals surface area (Å²) in [6.45, 7) is 1.73. The first-order valence-corrected chi connectivity index (χ1v) is 6.32. The van der Waals surface area contributed by atoms with Gasteiger partial charge in [-0.25, -0.2) is 4.68 Å².